The van der Waals surface area contributed by atoms with Crippen molar-refractivity contribution in [1.82, 2.24) is 0 Å². The minimum atomic E-state index is -0.00577. The van der Waals surface area contributed by atoms with Crippen molar-refractivity contribution >= 4 is 50.9 Å². The van der Waals surface area contributed by atoms with Crippen molar-refractivity contribution in [3.8, 4) is 0 Å². The molecule has 1 fully saturated rings. The molecule has 3 rings (SSSR count). The van der Waals surface area contributed by atoms with Crippen LogP contribution < -0.4 is 4.90 Å². The van der Waals surface area contributed by atoms with Gasteiger partial charge in [0.25, 0.3) is 0 Å². The second-order valence-corrected chi connectivity index (χ2v) is 7.31. The number of benzene rings is 2. The third-order valence-electron chi connectivity index (χ3n) is 3.44. The van der Waals surface area contributed by atoms with E-state index in [2.05, 4.69) is 22.0 Å². The highest BCUT2D eigenvalue weighted by atomic mass is 79.9. The molecule has 1 aliphatic rings. The van der Waals surface area contributed by atoms with Crippen LogP contribution in [0.5, 0.6) is 0 Å². The molecule has 0 saturated carbocycles. The number of carbonyl (C=O) groups excluding carboxylic acids is 1. The van der Waals surface area contributed by atoms with Crippen LogP contribution in [-0.2, 0) is 4.79 Å². The van der Waals surface area contributed by atoms with Crippen molar-refractivity contribution in [1.29, 1.82) is 0 Å². The van der Waals surface area contributed by atoms with E-state index in [-0.39, 0.29) is 11.3 Å². The molecule has 1 saturated heterocycles. The molecule has 1 atom stereocenters. The molecule has 0 aliphatic carbocycles. The lowest BCUT2D eigenvalue weighted by Gasteiger charge is -2.25. The Labute approximate surface area is 141 Å². The first-order chi connectivity index (χ1) is 10.1. The number of amides is 1. The number of rotatable bonds is 2. The average molecular weight is 383 g/mol. The zero-order chi connectivity index (χ0) is 15.0. The Hall–Kier alpha value is -0.970. The van der Waals surface area contributed by atoms with E-state index in [0.717, 1.165) is 21.3 Å². The van der Waals surface area contributed by atoms with Crippen molar-refractivity contribution in [2.24, 2.45) is 0 Å². The monoisotopic (exact) mass is 381 g/mol. The lowest BCUT2D eigenvalue weighted by molar-refractivity contribution is -0.115. The summed E-state index contributed by atoms with van der Waals surface area (Å²) in [5, 5.41) is 0.680. The zero-order valence-electron chi connectivity index (χ0n) is 11.3. The highest BCUT2D eigenvalue weighted by molar-refractivity contribution is 9.10. The van der Waals surface area contributed by atoms with Crippen LogP contribution in [0.15, 0.2) is 46.9 Å². The van der Waals surface area contributed by atoms with Crippen LogP contribution in [0.3, 0.4) is 0 Å². The molecule has 0 N–H and O–H groups in total. The normalized spacial score (nSPS) is 18.3. The summed E-state index contributed by atoms with van der Waals surface area (Å²) in [6.07, 6.45) is 0. The number of hydrogen-bond acceptors (Lipinski definition) is 2. The highest BCUT2D eigenvalue weighted by Gasteiger charge is 2.34. The predicted molar refractivity (Wildman–Crippen MR) is 93.0 cm³/mol. The second kappa shape index (κ2) is 6.03. The van der Waals surface area contributed by atoms with Crippen LogP contribution in [0.25, 0.3) is 0 Å². The van der Waals surface area contributed by atoms with Gasteiger partial charge in [0.05, 0.1) is 5.75 Å². The number of nitrogens with zero attached hydrogens (tertiary/aromatic N) is 1. The number of hydrogen-bond donors (Lipinski definition) is 0. The fourth-order valence-corrected chi connectivity index (χ4v) is 4.10. The number of thioether (sulfide) groups is 1. The molecule has 108 valence electrons. The molecule has 0 unspecified atom stereocenters. The summed E-state index contributed by atoms with van der Waals surface area (Å²) in [6, 6.07) is 13.8. The largest absolute Gasteiger partial charge is 0.295 e. The maximum absolute atomic E-state index is 12.3. The smallest absolute Gasteiger partial charge is 0.238 e. The van der Waals surface area contributed by atoms with Gasteiger partial charge in [0.15, 0.2) is 0 Å². The summed E-state index contributed by atoms with van der Waals surface area (Å²) in [7, 11) is 0. The van der Waals surface area contributed by atoms with Gasteiger partial charge in [-0.15, -0.1) is 11.8 Å². The van der Waals surface area contributed by atoms with Gasteiger partial charge in [-0.3, -0.25) is 9.69 Å². The van der Waals surface area contributed by atoms with E-state index in [4.69, 9.17) is 11.6 Å². The van der Waals surface area contributed by atoms with Gasteiger partial charge < -0.3 is 0 Å². The Balaban J connectivity index is 2.01. The first-order valence-electron chi connectivity index (χ1n) is 6.51. The lowest BCUT2D eigenvalue weighted by atomic mass is 10.1. The molecule has 2 aromatic rings. The van der Waals surface area contributed by atoms with Crippen LogP contribution in [0.4, 0.5) is 5.69 Å². The molecule has 2 aromatic carbocycles. The van der Waals surface area contributed by atoms with Gasteiger partial charge >= 0.3 is 0 Å². The van der Waals surface area contributed by atoms with Gasteiger partial charge in [0, 0.05) is 15.2 Å². The minimum absolute atomic E-state index is 0.00577. The van der Waals surface area contributed by atoms with Crippen molar-refractivity contribution in [2.45, 2.75) is 12.3 Å². The first kappa shape index (κ1) is 14.9. The van der Waals surface area contributed by atoms with Crippen LogP contribution in [0, 0.1) is 6.92 Å². The number of carbonyl (C=O) groups is 1. The van der Waals surface area contributed by atoms with Crippen LogP contribution in [-0.4, -0.2) is 11.7 Å². The van der Waals surface area contributed by atoms with Crippen LogP contribution in [0.2, 0.25) is 5.02 Å². The van der Waals surface area contributed by atoms with Crippen molar-refractivity contribution < 1.29 is 4.79 Å². The molecule has 5 heteroatoms. The Morgan fingerprint density at radius 2 is 2.10 bits per heavy atom. The van der Waals surface area contributed by atoms with E-state index in [1.54, 1.807) is 11.8 Å². The molecule has 0 bridgehead atoms. The van der Waals surface area contributed by atoms with E-state index in [9.17, 15) is 4.79 Å². The van der Waals surface area contributed by atoms with Crippen molar-refractivity contribution in [3.63, 3.8) is 0 Å². The SMILES string of the molecule is Cc1ccc(N2C(=O)CS[C@H]2c2cccc(Br)c2)cc1Cl. The summed E-state index contributed by atoms with van der Waals surface area (Å²) in [5.74, 6) is 0.604. The van der Waals surface area contributed by atoms with Gasteiger partial charge in [0.1, 0.15) is 5.37 Å². The number of anilines is 1. The summed E-state index contributed by atoms with van der Waals surface area (Å²) in [4.78, 5) is 14.1. The number of aryl methyl sites for hydroxylation is 1. The van der Waals surface area contributed by atoms with Crippen molar-refractivity contribution in [2.75, 3.05) is 10.7 Å². The maximum atomic E-state index is 12.3. The van der Waals surface area contributed by atoms with E-state index in [0.29, 0.717) is 10.8 Å². The number of halogens is 2. The van der Waals surface area contributed by atoms with E-state index < -0.39 is 0 Å². The summed E-state index contributed by atoms with van der Waals surface area (Å²) in [5.41, 5.74) is 2.97. The molecule has 0 spiro atoms. The van der Waals surface area contributed by atoms with E-state index in [1.807, 2.05) is 48.2 Å². The molecule has 0 aromatic heterocycles. The van der Waals surface area contributed by atoms with Gasteiger partial charge in [0.2, 0.25) is 5.91 Å². The summed E-state index contributed by atoms with van der Waals surface area (Å²) >= 11 is 11.3. The molecule has 0 radical (unpaired) electrons. The third-order valence-corrected chi connectivity index (χ3v) is 5.55. The van der Waals surface area contributed by atoms with E-state index >= 15 is 0 Å². The Morgan fingerprint density at radius 1 is 1.29 bits per heavy atom. The molecule has 2 nitrogen and oxygen atoms in total. The fourth-order valence-electron chi connectivity index (χ4n) is 2.34. The first-order valence-corrected chi connectivity index (χ1v) is 8.73. The molecule has 1 amide bonds. The Bertz CT molecular complexity index is 706. The van der Waals surface area contributed by atoms with Gasteiger partial charge in [-0.25, -0.2) is 0 Å². The Kier molecular flexibility index (Phi) is 4.29. The molecular formula is C16H13BrClNOS. The van der Waals surface area contributed by atoms with Crippen LogP contribution in [0.1, 0.15) is 16.5 Å². The highest BCUT2D eigenvalue weighted by Crippen LogP contribution is 2.42. The van der Waals surface area contributed by atoms with E-state index in [1.165, 1.54) is 0 Å². The molecule has 1 aliphatic heterocycles. The standard InChI is InChI=1S/C16H13BrClNOS/c1-10-5-6-13(8-14(10)18)19-15(20)9-21-16(19)11-3-2-4-12(17)7-11/h2-8,16H,9H2,1H3/t16-/m0/s1. The Morgan fingerprint density at radius 3 is 2.81 bits per heavy atom. The summed E-state index contributed by atoms with van der Waals surface area (Å²) < 4.78 is 1.02. The van der Waals surface area contributed by atoms with Gasteiger partial charge in [-0.1, -0.05) is 45.7 Å². The second-order valence-electron chi connectivity index (χ2n) is 4.92. The topological polar surface area (TPSA) is 20.3 Å². The lowest BCUT2D eigenvalue weighted by Crippen LogP contribution is -2.27. The van der Waals surface area contributed by atoms with Crippen LogP contribution >= 0.6 is 39.3 Å². The minimum Gasteiger partial charge on any atom is -0.295 e. The predicted octanol–water partition coefficient (Wildman–Crippen LogP) is 5.19. The van der Waals surface area contributed by atoms with Gasteiger partial charge in [-0.2, -0.15) is 0 Å². The maximum Gasteiger partial charge on any atom is 0.238 e. The molecule has 1 heterocycles. The zero-order valence-corrected chi connectivity index (χ0v) is 14.5. The third kappa shape index (κ3) is 2.98. The molecule has 21 heavy (non-hydrogen) atoms. The van der Waals surface area contributed by atoms with Gasteiger partial charge in [-0.05, 0) is 42.3 Å². The summed E-state index contributed by atoms with van der Waals surface area (Å²) in [6.45, 7) is 1.96. The molecular weight excluding hydrogens is 370 g/mol. The fraction of sp³-hybridized carbons (Fsp3) is 0.188. The van der Waals surface area contributed by atoms with Crippen molar-refractivity contribution in [3.05, 3.63) is 63.1 Å². The quantitative estimate of drug-likeness (QED) is 0.712. The average Bonchev–Trinajstić information content (AvgIpc) is 2.84.